The lowest BCUT2D eigenvalue weighted by molar-refractivity contribution is 0.0536. The number of hydrogen-bond donors (Lipinski definition) is 2. The highest BCUT2D eigenvalue weighted by molar-refractivity contribution is 7.17. The van der Waals surface area contributed by atoms with Crippen LogP contribution in [0.5, 0.6) is 5.75 Å². The fourth-order valence-electron chi connectivity index (χ4n) is 4.50. The number of rotatable bonds is 10. The van der Waals surface area contributed by atoms with Gasteiger partial charge < -0.3 is 25.0 Å². The minimum Gasteiger partial charge on any atom is -0.494 e. The van der Waals surface area contributed by atoms with Gasteiger partial charge in [-0.25, -0.2) is 9.36 Å². The first kappa shape index (κ1) is 25.3. The molecule has 4 aromatic rings. The molecule has 5 rings (SSSR count). The highest BCUT2D eigenvalue weighted by Gasteiger charge is 2.21. The number of pyridine rings is 1. The van der Waals surface area contributed by atoms with Crippen LogP contribution in [0, 0.1) is 0 Å². The lowest BCUT2D eigenvalue weighted by Crippen LogP contribution is -2.45. The smallest absolute Gasteiger partial charge is 0.331 e. The van der Waals surface area contributed by atoms with Gasteiger partial charge in [-0.05, 0) is 66.6 Å². The number of amides is 1. The number of morpholine rings is 1. The van der Waals surface area contributed by atoms with E-state index in [1.165, 1.54) is 26.4 Å². The summed E-state index contributed by atoms with van der Waals surface area (Å²) in [6, 6.07) is 16.9. The Kier molecular flexibility index (Phi) is 8.35. The zero-order valence-corrected chi connectivity index (χ0v) is 21.6. The number of nitrogens with zero attached hydrogens (tertiary/aromatic N) is 2. The number of thiophene rings is 1. The van der Waals surface area contributed by atoms with Crippen LogP contribution in [0.4, 0.5) is 10.5 Å². The zero-order chi connectivity index (χ0) is 25.5. The molecule has 0 bridgehead atoms. The first-order chi connectivity index (χ1) is 18.2. The molecular formula is C28H32N4O4S. The molecule has 1 saturated heterocycles. The Morgan fingerprint density at radius 3 is 2.76 bits per heavy atom. The van der Waals surface area contributed by atoms with Gasteiger partial charge >= 0.3 is 6.03 Å². The van der Waals surface area contributed by atoms with Gasteiger partial charge in [-0.3, -0.25) is 4.79 Å². The van der Waals surface area contributed by atoms with Gasteiger partial charge in [0.2, 0.25) is 0 Å². The number of ether oxygens (including phenoxy) is 2. The van der Waals surface area contributed by atoms with Crippen LogP contribution in [0.15, 0.2) is 64.8 Å². The molecule has 3 heterocycles. The van der Waals surface area contributed by atoms with Crippen LogP contribution in [0.2, 0.25) is 0 Å². The Bertz CT molecular complexity index is 1410. The predicted molar refractivity (Wildman–Crippen MR) is 149 cm³/mol. The van der Waals surface area contributed by atoms with Gasteiger partial charge in [-0.1, -0.05) is 6.07 Å². The lowest BCUT2D eigenvalue weighted by Gasteiger charge is -2.27. The summed E-state index contributed by atoms with van der Waals surface area (Å²) in [7, 11) is 0. The van der Waals surface area contributed by atoms with E-state index < -0.39 is 0 Å². The number of aromatic nitrogens is 1. The van der Waals surface area contributed by atoms with Gasteiger partial charge in [0, 0.05) is 54.1 Å². The number of anilines is 1. The van der Waals surface area contributed by atoms with E-state index in [1.807, 2.05) is 12.1 Å². The number of carbonyl (C=O) groups excluding carboxylic acids is 1. The van der Waals surface area contributed by atoms with E-state index in [4.69, 9.17) is 9.47 Å². The van der Waals surface area contributed by atoms with Crippen molar-refractivity contribution in [2.24, 2.45) is 0 Å². The molecule has 37 heavy (non-hydrogen) atoms. The van der Waals surface area contributed by atoms with E-state index in [-0.39, 0.29) is 11.6 Å². The topological polar surface area (TPSA) is 84.8 Å². The molecule has 0 saturated carbocycles. The number of carbonyl (C=O) groups is 1. The monoisotopic (exact) mass is 520 g/mol. The zero-order valence-electron chi connectivity index (χ0n) is 20.8. The second-order valence-electron chi connectivity index (χ2n) is 8.98. The van der Waals surface area contributed by atoms with E-state index in [9.17, 15) is 9.59 Å². The number of hydrogen-bond acceptors (Lipinski definition) is 7. The molecule has 2 N–H and O–H groups in total. The Labute approximate surface area is 219 Å². The van der Waals surface area contributed by atoms with Crippen molar-refractivity contribution in [3.63, 3.8) is 0 Å². The molecule has 0 unspecified atom stereocenters. The standard InChI is InChI=1S/C28H32N4O4S/c33-27-9-7-21-6-8-22(20-25(21)32(27)28(34)31-14-17-35-18-15-31)36-16-2-1-11-29-12-13-30-24-4-3-5-26-23(24)10-19-37-26/h3-10,19-20,29-30H,1-2,11-18H2. The minimum absolute atomic E-state index is 0.316. The first-order valence-electron chi connectivity index (χ1n) is 12.8. The molecule has 1 amide bonds. The van der Waals surface area contributed by atoms with Crippen molar-refractivity contribution < 1.29 is 14.3 Å². The van der Waals surface area contributed by atoms with Crippen molar-refractivity contribution in [1.82, 2.24) is 14.8 Å². The van der Waals surface area contributed by atoms with Gasteiger partial charge in [0.15, 0.2) is 0 Å². The van der Waals surface area contributed by atoms with E-state index in [2.05, 4.69) is 40.3 Å². The summed E-state index contributed by atoms with van der Waals surface area (Å²) >= 11 is 1.76. The van der Waals surface area contributed by atoms with Crippen LogP contribution in [0.1, 0.15) is 12.8 Å². The third-order valence-electron chi connectivity index (χ3n) is 6.47. The maximum atomic E-state index is 13.1. The summed E-state index contributed by atoms with van der Waals surface area (Å²) in [6.07, 6.45) is 1.90. The second-order valence-corrected chi connectivity index (χ2v) is 9.93. The third kappa shape index (κ3) is 6.12. The van der Waals surface area contributed by atoms with E-state index in [0.717, 1.165) is 37.9 Å². The summed E-state index contributed by atoms with van der Waals surface area (Å²) in [5.74, 6) is 0.654. The molecular weight excluding hydrogens is 488 g/mol. The van der Waals surface area contributed by atoms with Crippen molar-refractivity contribution >= 4 is 44.0 Å². The summed E-state index contributed by atoms with van der Waals surface area (Å²) in [5.41, 5.74) is 1.41. The van der Waals surface area contributed by atoms with Gasteiger partial charge in [0.25, 0.3) is 5.56 Å². The fraction of sp³-hybridized carbons (Fsp3) is 0.357. The van der Waals surface area contributed by atoms with Crippen molar-refractivity contribution in [2.45, 2.75) is 12.8 Å². The molecule has 9 heteroatoms. The lowest BCUT2D eigenvalue weighted by atomic mass is 10.2. The molecule has 0 spiro atoms. The molecule has 194 valence electrons. The molecule has 1 aliphatic heterocycles. The molecule has 0 aliphatic carbocycles. The third-order valence-corrected chi connectivity index (χ3v) is 7.35. The number of benzene rings is 2. The van der Waals surface area contributed by atoms with Gasteiger partial charge in [-0.2, -0.15) is 0 Å². The largest absolute Gasteiger partial charge is 0.494 e. The molecule has 1 fully saturated rings. The normalized spacial score (nSPS) is 13.8. The number of unbranched alkanes of at least 4 members (excludes halogenated alkanes) is 1. The van der Waals surface area contributed by atoms with Gasteiger partial charge in [-0.15, -0.1) is 11.3 Å². The highest BCUT2D eigenvalue weighted by atomic mass is 32.1. The summed E-state index contributed by atoms with van der Waals surface area (Å²) < 4.78 is 13.8. The van der Waals surface area contributed by atoms with Crippen LogP contribution in [0.3, 0.4) is 0 Å². The van der Waals surface area contributed by atoms with Gasteiger partial charge in [0.05, 0.1) is 25.3 Å². The predicted octanol–water partition coefficient (Wildman–Crippen LogP) is 4.38. The van der Waals surface area contributed by atoms with Crippen molar-refractivity contribution in [1.29, 1.82) is 0 Å². The Hall–Kier alpha value is -3.40. The quantitative estimate of drug-likeness (QED) is 0.302. The Morgan fingerprint density at radius 1 is 1.00 bits per heavy atom. The Balaban J connectivity index is 1.07. The minimum atomic E-state index is -0.339. The molecule has 0 radical (unpaired) electrons. The first-order valence-corrected chi connectivity index (χ1v) is 13.7. The molecule has 2 aromatic carbocycles. The summed E-state index contributed by atoms with van der Waals surface area (Å²) in [5, 5.41) is 11.2. The average molecular weight is 521 g/mol. The summed E-state index contributed by atoms with van der Waals surface area (Å²) in [4.78, 5) is 27.3. The van der Waals surface area contributed by atoms with E-state index >= 15 is 0 Å². The van der Waals surface area contributed by atoms with Crippen molar-refractivity contribution in [2.75, 3.05) is 57.9 Å². The van der Waals surface area contributed by atoms with Crippen LogP contribution in [0.25, 0.3) is 21.0 Å². The van der Waals surface area contributed by atoms with Crippen molar-refractivity contribution in [3.05, 3.63) is 70.3 Å². The molecule has 1 aliphatic rings. The van der Waals surface area contributed by atoms with E-state index in [0.29, 0.717) is 44.2 Å². The van der Waals surface area contributed by atoms with Crippen molar-refractivity contribution in [3.8, 4) is 5.75 Å². The summed E-state index contributed by atoms with van der Waals surface area (Å²) in [6.45, 7) is 5.17. The second kappa shape index (κ2) is 12.2. The van der Waals surface area contributed by atoms with Crippen LogP contribution in [-0.4, -0.2) is 68.0 Å². The SMILES string of the molecule is O=C(N1CCOCC1)n1c(=O)ccc2ccc(OCCCCNCCNc3cccc4sccc34)cc21. The van der Waals surface area contributed by atoms with Crippen LogP contribution < -0.4 is 20.9 Å². The van der Waals surface area contributed by atoms with E-state index in [1.54, 1.807) is 28.4 Å². The highest BCUT2D eigenvalue weighted by Crippen LogP contribution is 2.27. The fourth-order valence-corrected chi connectivity index (χ4v) is 5.31. The number of nitrogens with one attached hydrogen (secondary N) is 2. The maximum Gasteiger partial charge on any atom is 0.331 e. The number of fused-ring (bicyclic) bond motifs is 2. The molecule has 8 nitrogen and oxygen atoms in total. The van der Waals surface area contributed by atoms with Crippen LogP contribution >= 0.6 is 11.3 Å². The maximum absolute atomic E-state index is 13.1. The Morgan fingerprint density at radius 2 is 1.86 bits per heavy atom. The molecule has 2 aromatic heterocycles. The van der Waals surface area contributed by atoms with Crippen LogP contribution in [-0.2, 0) is 4.74 Å². The van der Waals surface area contributed by atoms with Gasteiger partial charge in [0.1, 0.15) is 5.75 Å². The average Bonchev–Trinajstić information content (AvgIpc) is 3.42. The molecule has 0 atom stereocenters.